The highest BCUT2D eigenvalue weighted by molar-refractivity contribution is 5.73. The predicted octanol–water partition coefficient (Wildman–Crippen LogP) is 4.24. The highest BCUT2D eigenvalue weighted by Crippen LogP contribution is 2.23. The van der Waals surface area contributed by atoms with Crippen molar-refractivity contribution in [3.63, 3.8) is 0 Å². The minimum Gasteiger partial charge on any atom is -0.461 e. The first-order valence-corrected chi connectivity index (χ1v) is 14.4. The van der Waals surface area contributed by atoms with Crippen LogP contribution in [-0.4, -0.2) is 68.1 Å². The number of aryl methyl sites for hydroxylation is 1. The van der Waals surface area contributed by atoms with E-state index in [1.165, 1.54) is 5.56 Å². The van der Waals surface area contributed by atoms with Crippen LogP contribution in [0.4, 0.5) is 23.3 Å². The van der Waals surface area contributed by atoms with Crippen LogP contribution >= 0.6 is 0 Å². The third-order valence-corrected chi connectivity index (χ3v) is 7.44. The van der Waals surface area contributed by atoms with Crippen LogP contribution in [0, 0.1) is 12.8 Å². The predicted molar refractivity (Wildman–Crippen MR) is 160 cm³/mol. The summed E-state index contributed by atoms with van der Waals surface area (Å²) in [6.45, 7) is 6.14. The SMILES string of the molecule is Cc1cccc(-c2nccc(Nc3ccnc(Nc4ccc(CN5CCCC(C(=O)O[C@H]6CCNC6)C5)cc4)n3)n2)n1. The summed E-state index contributed by atoms with van der Waals surface area (Å²) >= 11 is 0. The van der Waals surface area contributed by atoms with Crippen molar-refractivity contribution >= 4 is 29.2 Å². The van der Waals surface area contributed by atoms with Gasteiger partial charge >= 0.3 is 5.97 Å². The molecule has 5 heterocycles. The number of carbonyl (C=O) groups excluding carboxylic acids is 1. The van der Waals surface area contributed by atoms with Crippen LogP contribution in [0.15, 0.2) is 67.0 Å². The average molecular weight is 566 g/mol. The minimum atomic E-state index is -0.0496. The fourth-order valence-electron chi connectivity index (χ4n) is 5.30. The van der Waals surface area contributed by atoms with E-state index in [-0.39, 0.29) is 18.0 Å². The number of benzene rings is 1. The lowest BCUT2D eigenvalue weighted by Crippen LogP contribution is -2.40. The molecule has 3 aromatic heterocycles. The van der Waals surface area contributed by atoms with E-state index in [9.17, 15) is 4.79 Å². The van der Waals surface area contributed by atoms with Crippen molar-refractivity contribution in [2.24, 2.45) is 5.92 Å². The van der Waals surface area contributed by atoms with Crippen LogP contribution in [0.5, 0.6) is 0 Å². The van der Waals surface area contributed by atoms with E-state index in [4.69, 9.17) is 4.74 Å². The number of carbonyl (C=O) groups is 1. The van der Waals surface area contributed by atoms with Crippen molar-refractivity contribution in [1.29, 1.82) is 0 Å². The Bertz CT molecular complexity index is 1510. The molecule has 42 heavy (non-hydrogen) atoms. The van der Waals surface area contributed by atoms with Crippen molar-refractivity contribution < 1.29 is 9.53 Å². The van der Waals surface area contributed by atoms with Gasteiger partial charge in [0.2, 0.25) is 5.95 Å². The zero-order valence-corrected chi connectivity index (χ0v) is 23.7. The Balaban J connectivity index is 1.03. The highest BCUT2D eigenvalue weighted by atomic mass is 16.5. The molecule has 6 rings (SSSR count). The van der Waals surface area contributed by atoms with Crippen molar-refractivity contribution in [3.8, 4) is 11.5 Å². The summed E-state index contributed by atoms with van der Waals surface area (Å²) in [5.41, 5.74) is 3.69. The van der Waals surface area contributed by atoms with E-state index >= 15 is 0 Å². The summed E-state index contributed by atoms with van der Waals surface area (Å²) in [6, 6.07) is 17.6. The van der Waals surface area contributed by atoms with E-state index in [2.05, 4.69) is 57.9 Å². The van der Waals surface area contributed by atoms with Gasteiger partial charge in [0.05, 0.1) is 5.92 Å². The van der Waals surface area contributed by atoms with Gasteiger partial charge in [-0.25, -0.2) is 19.9 Å². The van der Waals surface area contributed by atoms with Gasteiger partial charge in [-0.15, -0.1) is 0 Å². The zero-order valence-electron chi connectivity index (χ0n) is 23.7. The highest BCUT2D eigenvalue weighted by Gasteiger charge is 2.29. The Kier molecular flexibility index (Phi) is 8.57. The van der Waals surface area contributed by atoms with Gasteiger partial charge in [0, 0.05) is 43.4 Å². The summed E-state index contributed by atoms with van der Waals surface area (Å²) in [7, 11) is 0. The molecule has 0 saturated carbocycles. The summed E-state index contributed by atoms with van der Waals surface area (Å²) < 4.78 is 5.73. The van der Waals surface area contributed by atoms with Crippen LogP contribution in [0.25, 0.3) is 11.5 Å². The number of piperidine rings is 1. The molecule has 2 saturated heterocycles. The third-order valence-electron chi connectivity index (χ3n) is 7.44. The minimum absolute atomic E-state index is 0.0233. The molecule has 0 radical (unpaired) electrons. The number of aromatic nitrogens is 5. The number of esters is 1. The number of anilines is 4. The molecule has 2 fully saturated rings. The van der Waals surface area contributed by atoms with Gasteiger partial charge in [0.25, 0.3) is 0 Å². The van der Waals surface area contributed by atoms with Crippen molar-refractivity contribution in [2.45, 2.75) is 38.8 Å². The number of pyridine rings is 1. The number of ether oxygens (including phenoxy) is 1. The maximum absolute atomic E-state index is 12.7. The maximum atomic E-state index is 12.7. The standard InChI is InChI=1S/C31H35N9O2/c1-21-4-2-6-26(35-21)29-33-15-12-27(38-29)37-28-13-16-34-31(39-28)36-24-9-7-22(8-10-24)19-40-17-3-5-23(20-40)30(41)42-25-11-14-32-18-25/h2,4,6-10,12-13,15-16,23,25,32H,3,5,11,14,17-20H2,1H3,(H2,33,34,36,37,38,39)/t23?,25-/m0/s1. The van der Waals surface area contributed by atoms with Gasteiger partial charge in [-0.3, -0.25) is 9.69 Å². The Morgan fingerprint density at radius 2 is 1.81 bits per heavy atom. The van der Waals surface area contributed by atoms with Crippen LogP contribution in [0.3, 0.4) is 0 Å². The second-order valence-corrected chi connectivity index (χ2v) is 10.8. The first kappa shape index (κ1) is 27.7. The fraction of sp³-hybridized carbons (Fsp3) is 0.355. The van der Waals surface area contributed by atoms with E-state index < -0.39 is 0 Å². The van der Waals surface area contributed by atoms with Crippen LogP contribution < -0.4 is 16.0 Å². The van der Waals surface area contributed by atoms with Crippen LogP contribution in [-0.2, 0) is 16.1 Å². The molecule has 2 atom stereocenters. The van der Waals surface area contributed by atoms with E-state index in [1.54, 1.807) is 24.5 Å². The summed E-state index contributed by atoms with van der Waals surface area (Å²) in [6.07, 6.45) is 6.22. The number of likely N-dealkylation sites (tertiary alicyclic amines) is 1. The third kappa shape index (κ3) is 7.23. The van der Waals surface area contributed by atoms with Crippen molar-refractivity contribution in [1.82, 2.24) is 35.1 Å². The van der Waals surface area contributed by atoms with E-state index in [1.807, 2.05) is 37.3 Å². The molecule has 11 heteroatoms. The first-order chi connectivity index (χ1) is 20.6. The zero-order chi connectivity index (χ0) is 28.7. The second kappa shape index (κ2) is 13.0. The van der Waals surface area contributed by atoms with Crippen LogP contribution in [0.1, 0.15) is 30.5 Å². The number of rotatable bonds is 9. The average Bonchev–Trinajstić information content (AvgIpc) is 3.52. The molecule has 1 aromatic carbocycles. The normalized spacial score (nSPS) is 18.9. The maximum Gasteiger partial charge on any atom is 0.310 e. The number of nitrogens with zero attached hydrogens (tertiary/aromatic N) is 6. The van der Waals surface area contributed by atoms with Crippen molar-refractivity contribution in [2.75, 3.05) is 36.8 Å². The van der Waals surface area contributed by atoms with Gasteiger partial charge in [0.15, 0.2) is 5.82 Å². The summed E-state index contributed by atoms with van der Waals surface area (Å²) in [5, 5.41) is 9.76. The smallest absolute Gasteiger partial charge is 0.310 e. The molecular formula is C31H35N9O2. The molecule has 4 aromatic rings. The second-order valence-electron chi connectivity index (χ2n) is 10.8. The van der Waals surface area contributed by atoms with Crippen molar-refractivity contribution in [3.05, 3.63) is 78.2 Å². The van der Waals surface area contributed by atoms with Gasteiger partial charge in [-0.1, -0.05) is 18.2 Å². The number of hydrogen-bond acceptors (Lipinski definition) is 11. The molecular weight excluding hydrogens is 530 g/mol. The van der Waals surface area contributed by atoms with E-state index in [0.717, 1.165) is 63.4 Å². The van der Waals surface area contributed by atoms with E-state index in [0.29, 0.717) is 29.1 Å². The Morgan fingerprint density at radius 3 is 2.62 bits per heavy atom. The monoisotopic (exact) mass is 565 g/mol. The molecule has 1 unspecified atom stereocenters. The molecule has 0 spiro atoms. The Hall–Kier alpha value is -4.48. The summed E-state index contributed by atoms with van der Waals surface area (Å²) in [5.74, 6) is 2.13. The quantitative estimate of drug-likeness (QED) is 0.252. The molecule has 0 aliphatic carbocycles. The molecule has 11 nitrogen and oxygen atoms in total. The van der Waals surface area contributed by atoms with Gasteiger partial charge < -0.3 is 20.7 Å². The lowest BCUT2D eigenvalue weighted by molar-refractivity contribution is -0.155. The van der Waals surface area contributed by atoms with Gasteiger partial charge in [-0.05, 0) is 81.2 Å². The number of nitrogens with one attached hydrogen (secondary N) is 3. The Labute approximate surface area is 245 Å². The fourth-order valence-corrected chi connectivity index (χ4v) is 5.30. The topological polar surface area (TPSA) is 130 Å². The lowest BCUT2D eigenvalue weighted by Gasteiger charge is -2.32. The lowest BCUT2D eigenvalue weighted by atomic mass is 9.97. The molecule has 2 aliphatic rings. The van der Waals surface area contributed by atoms with Gasteiger partial charge in [0.1, 0.15) is 23.4 Å². The molecule has 0 amide bonds. The van der Waals surface area contributed by atoms with Crippen LogP contribution in [0.2, 0.25) is 0 Å². The number of hydrogen-bond donors (Lipinski definition) is 3. The van der Waals surface area contributed by atoms with Gasteiger partial charge in [-0.2, -0.15) is 4.98 Å². The largest absolute Gasteiger partial charge is 0.461 e. The Morgan fingerprint density at radius 1 is 0.976 bits per heavy atom. The molecule has 216 valence electrons. The summed E-state index contributed by atoms with van der Waals surface area (Å²) in [4.78, 5) is 37.4. The molecule has 0 bridgehead atoms. The first-order valence-electron chi connectivity index (χ1n) is 14.4. The molecule has 3 N–H and O–H groups in total. The molecule has 2 aliphatic heterocycles.